The van der Waals surface area contributed by atoms with Gasteiger partial charge in [-0.2, -0.15) is 0 Å². The Labute approximate surface area is 126 Å². The molecule has 3 N–H and O–H groups in total. The molecule has 21 heavy (non-hydrogen) atoms. The summed E-state index contributed by atoms with van der Waals surface area (Å²) in [5, 5.41) is 10.1. The van der Waals surface area contributed by atoms with Gasteiger partial charge in [-0.1, -0.05) is 31.2 Å². The number of nitrogens with one attached hydrogen (secondary N) is 1. The van der Waals surface area contributed by atoms with Crippen molar-refractivity contribution in [2.45, 2.75) is 38.6 Å². The summed E-state index contributed by atoms with van der Waals surface area (Å²) < 4.78 is 0. The van der Waals surface area contributed by atoms with Crippen LogP contribution in [-0.4, -0.2) is 18.4 Å². The van der Waals surface area contributed by atoms with Crippen LogP contribution in [0, 0.1) is 5.41 Å². The number of nitrogen functional groups attached to an aromatic ring is 1. The van der Waals surface area contributed by atoms with Crippen LogP contribution in [0.15, 0.2) is 36.4 Å². The summed E-state index contributed by atoms with van der Waals surface area (Å²) in [6, 6.07) is 13.1. The third kappa shape index (κ3) is 2.48. The van der Waals surface area contributed by atoms with Gasteiger partial charge >= 0.3 is 0 Å². The van der Waals surface area contributed by atoms with E-state index in [1.807, 2.05) is 12.1 Å². The summed E-state index contributed by atoms with van der Waals surface area (Å²) in [5.74, 6) is 0.142. The van der Waals surface area contributed by atoms with Crippen LogP contribution in [0.2, 0.25) is 0 Å². The van der Waals surface area contributed by atoms with Crippen molar-refractivity contribution in [3.8, 4) is 0 Å². The van der Waals surface area contributed by atoms with Crippen molar-refractivity contribution in [2.24, 2.45) is 5.73 Å². The molecule has 3 rings (SSSR count). The summed E-state index contributed by atoms with van der Waals surface area (Å²) in [7, 11) is 0. The van der Waals surface area contributed by atoms with Crippen LogP contribution >= 0.6 is 0 Å². The number of hydrogen-bond donors (Lipinski definition) is 2. The topological polar surface area (TPSA) is 53.1 Å². The quantitative estimate of drug-likeness (QED) is 0.662. The fourth-order valence-electron chi connectivity index (χ4n) is 3.51. The molecule has 2 aromatic rings. The smallest absolute Gasteiger partial charge is 0.123 e. The highest BCUT2D eigenvalue weighted by atomic mass is 15.2. The molecule has 3 heteroatoms. The summed E-state index contributed by atoms with van der Waals surface area (Å²) >= 11 is 0. The van der Waals surface area contributed by atoms with E-state index in [0.29, 0.717) is 6.04 Å². The molecule has 0 aromatic heterocycles. The lowest BCUT2D eigenvalue weighted by molar-refractivity contribution is 0.451. The first-order chi connectivity index (χ1) is 10.2. The first-order valence-electron chi connectivity index (χ1n) is 7.85. The van der Waals surface area contributed by atoms with Gasteiger partial charge in [0, 0.05) is 29.2 Å². The summed E-state index contributed by atoms with van der Waals surface area (Å²) in [6.45, 7) is 3.40. The van der Waals surface area contributed by atoms with Crippen LogP contribution in [0.4, 0.5) is 5.69 Å². The van der Waals surface area contributed by atoms with Crippen LogP contribution < -0.4 is 10.6 Å². The molecule has 1 atom stereocenters. The zero-order valence-corrected chi connectivity index (χ0v) is 12.6. The number of amidine groups is 1. The maximum atomic E-state index is 7.77. The lowest BCUT2D eigenvalue weighted by Gasteiger charge is -2.38. The Bertz CT molecular complexity index is 663. The molecule has 0 saturated carbocycles. The highest BCUT2D eigenvalue weighted by Crippen LogP contribution is 2.34. The highest BCUT2D eigenvalue weighted by molar-refractivity contribution is 6.10. The van der Waals surface area contributed by atoms with Crippen LogP contribution in [-0.2, 0) is 0 Å². The van der Waals surface area contributed by atoms with Crippen molar-refractivity contribution in [2.75, 3.05) is 11.4 Å². The average molecular weight is 281 g/mol. The molecule has 0 bridgehead atoms. The van der Waals surface area contributed by atoms with E-state index in [1.165, 1.54) is 36.8 Å². The van der Waals surface area contributed by atoms with Crippen molar-refractivity contribution in [3.63, 3.8) is 0 Å². The molecule has 3 nitrogen and oxygen atoms in total. The molecule has 1 heterocycles. The molecule has 1 aliphatic rings. The predicted molar refractivity (Wildman–Crippen MR) is 90.2 cm³/mol. The van der Waals surface area contributed by atoms with Gasteiger partial charge in [-0.15, -0.1) is 0 Å². The molecule has 0 aliphatic carbocycles. The van der Waals surface area contributed by atoms with E-state index in [4.69, 9.17) is 11.1 Å². The minimum atomic E-state index is 0.142. The van der Waals surface area contributed by atoms with Crippen molar-refractivity contribution >= 4 is 22.3 Å². The molecule has 0 radical (unpaired) electrons. The van der Waals surface area contributed by atoms with E-state index in [0.717, 1.165) is 17.5 Å². The Balaban J connectivity index is 2.15. The summed E-state index contributed by atoms with van der Waals surface area (Å²) in [4.78, 5) is 2.55. The molecule has 1 unspecified atom stereocenters. The Morgan fingerprint density at radius 3 is 2.67 bits per heavy atom. The SMILES string of the molecule is CCC1CCCCN1c1ccc(C(=N)N)c2ccccc12. The number of rotatable bonds is 3. The number of benzene rings is 2. The monoisotopic (exact) mass is 281 g/mol. The number of nitrogens with zero attached hydrogens (tertiary/aromatic N) is 1. The molecule has 0 amide bonds. The van der Waals surface area contributed by atoms with Gasteiger partial charge in [0.1, 0.15) is 5.84 Å². The van der Waals surface area contributed by atoms with Gasteiger partial charge in [-0.05, 0) is 43.2 Å². The second-order valence-electron chi connectivity index (χ2n) is 5.84. The zero-order chi connectivity index (χ0) is 14.8. The van der Waals surface area contributed by atoms with Gasteiger partial charge < -0.3 is 10.6 Å². The van der Waals surface area contributed by atoms with E-state index in [9.17, 15) is 0 Å². The molecule has 2 aromatic carbocycles. The van der Waals surface area contributed by atoms with Gasteiger partial charge in [-0.25, -0.2) is 0 Å². The first kappa shape index (κ1) is 13.9. The Morgan fingerprint density at radius 2 is 1.95 bits per heavy atom. The standard InChI is InChI=1S/C18H23N3/c1-2-13-7-5-6-12-21(13)17-11-10-16(18(19)20)14-8-3-4-9-15(14)17/h3-4,8-11,13H,2,5-7,12H2,1H3,(H3,19,20). The van der Waals surface area contributed by atoms with Crippen LogP contribution in [0.25, 0.3) is 10.8 Å². The third-order valence-electron chi connectivity index (χ3n) is 4.60. The van der Waals surface area contributed by atoms with Crippen molar-refractivity contribution in [1.82, 2.24) is 0 Å². The zero-order valence-electron chi connectivity index (χ0n) is 12.6. The highest BCUT2D eigenvalue weighted by Gasteiger charge is 2.23. The van der Waals surface area contributed by atoms with E-state index in [1.54, 1.807) is 0 Å². The molecular weight excluding hydrogens is 258 g/mol. The number of anilines is 1. The third-order valence-corrected chi connectivity index (χ3v) is 4.60. The second-order valence-corrected chi connectivity index (χ2v) is 5.84. The number of hydrogen-bond acceptors (Lipinski definition) is 2. The first-order valence-corrected chi connectivity index (χ1v) is 7.85. The average Bonchev–Trinajstić information content (AvgIpc) is 2.53. The Hall–Kier alpha value is -2.03. The van der Waals surface area contributed by atoms with Crippen LogP contribution in [0.1, 0.15) is 38.2 Å². The number of piperidine rings is 1. The molecule has 1 fully saturated rings. The van der Waals surface area contributed by atoms with Crippen LogP contribution in [0.3, 0.4) is 0 Å². The Morgan fingerprint density at radius 1 is 1.19 bits per heavy atom. The lowest BCUT2D eigenvalue weighted by atomic mass is 9.96. The van der Waals surface area contributed by atoms with Gasteiger partial charge in [0.25, 0.3) is 0 Å². The maximum Gasteiger partial charge on any atom is 0.123 e. The van der Waals surface area contributed by atoms with E-state index in [2.05, 4.69) is 36.1 Å². The molecule has 1 aliphatic heterocycles. The van der Waals surface area contributed by atoms with Gasteiger partial charge in [0.05, 0.1) is 0 Å². The number of nitrogens with two attached hydrogens (primary N) is 1. The molecule has 110 valence electrons. The molecule has 1 saturated heterocycles. The van der Waals surface area contributed by atoms with E-state index in [-0.39, 0.29) is 5.84 Å². The normalized spacial score (nSPS) is 18.9. The molecule has 0 spiro atoms. The van der Waals surface area contributed by atoms with Crippen molar-refractivity contribution in [1.29, 1.82) is 5.41 Å². The Kier molecular flexibility index (Phi) is 3.82. The molecular formula is C18H23N3. The lowest BCUT2D eigenvalue weighted by Crippen LogP contribution is -2.39. The number of fused-ring (bicyclic) bond motifs is 1. The van der Waals surface area contributed by atoms with Gasteiger partial charge in [0.15, 0.2) is 0 Å². The summed E-state index contributed by atoms with van der Waals surface area (Å²) in [5.41, 5.74) is 7.86. The maximum absolute atomic E-state index is 7.77. The fraction of sp³-hybridized carbons (Fsp3) is 0.389. The van der Waals surface area contributed by atoms with Gasteiger partial charge in [0.2, 0.25) is 0 Å². The van der Waals surface area contributed by atoms with E-state index >= 15 is 0 Å². The van der Waals surface area contributed by atoms with Crippen molar-refractivity contribution in [3.05, 3.63) is 42.0 Å². The fourth-order valence-corrected chi connectivity index (χ4v) is 3.51. The van der Waals surface area contributed by atoms with Crippen LogP contribution in [0.5, 0.6) is 0 Å². The summed E-state index contributed by atoms with van der Waals surface area (Å²) in [6.07, 6.45) is 5.06. The minimum Gasteiger partial charge on any atom is -0.384 e. The van der Waals surface area contributed by atoms with E-state index < -0.39 is 0 Å². The minimum absolute atomic E-state index is 0.142. The largest absolute Gasteiger partial charge is 0.384 e. The van der Waals surface area contributed by atoms with Crippen molar-refractivity contribution < 1.29 is 0 Å². The van der Waals surface area contributed by atoms with Gasteiger partial charge in [-0.3, -0.25) is 5.41 Å². The second kappa shape index (κ2) is 5.76. The predicted octanol–water partition coefficient (Wildman–Crippen LogP) is 3.89.